The number of ether oxygens (including phenoxy) is 1. The number of benzene rings is 1. The van der Waals surface area contributed by atoms with Gasteiger partial charge in [-0.2, -0.15) is 0 Å². The maximum Gasteiger partial charge on any atom is 0.339 e. The monoisotopic (exact) mass is 290 g/mol. The van der Waals surface area contributed by atoms with Crippen molar-refractivity contribution in [3.63, 3.8) is 0 Å². The zero-order chi connectivity index (χ0) is 14.4. The molecular formula is C14H14N2O3S. The third kappa shape index (κ3) is 3.58. The number of furan rings is 1. The third-order valence-corrected chi connectivity index (χ3v) is 2.83. The van der Waals surface area contributed by atoms with E-state index in [1.165, 1.54) is 7.11 Å². The molecule has 6 heteroatoms. The van der Waals surface area contributed by atoms with Crippen molar-refractivity contribution in [3.8, 4) is 0 Å². The standard InChI is InChI=1S/C14H14N2O3S/c1-18-13(17)11-6-2-3-7-12(11)16-14(20)15-9-10-5-4-8-19-10/h2-8H,9H2,1H3,(H2,15,16,20). The van der Waals surface area contributed by atoms with Crippen LogP contribution in [0.2, 0.25) is 0 Å². The van der Waals surface area contributed by atoms with E-state index in [1.54, 1.807) is 30.5 Å². The number of carbonyl (C=O) groups is 1. The highest BCUT2D eigenvalue weighted by Crippen LogP contribution is 2.15. The molecule has 0 fully saturated rings. The van der Waals surface area contributed by atoms with Crippen LogP contribution < -0.4 is 10.6 Å². The fourth-order valence-corrected chi connectivity index (χ4v) is 1.81. The van der Waals surface area contributed by atoms with Crippen molar-refractivity contribution in [2.24, 2.45) is 0 Å². The van der Waals surface area contributed by atoms with Crippen molar-refractivity contribution in [3.05, 3.63) is 54.0 Å². The lowest BCUT2D eigenvalue weighted by Gasteiger charge is -2.12. The van der Waals surface area contributed by atoms with Gasteiger partial charge in [0.25, 0.3) is 0 Å². The zero-order valence-corrected chi connectivity index (χ0v) is 11.7. The van der Waals surface area contributed by atoms with Gasteiger partial charge in [-0.25, -0.2) is 4.79 Å². The highest BCUT2D eigenvalue weighted by Gasteiger charge is 2.11. The topological polar surface area (TPSA) is 63.5 Å². The Bertz CT molecular complexity index is 596. The number of methoxy groups -OCH3 is 1. The minimum absolute atomic E-state index is 0.401. The van der Waals surface area contributed by atoms with Gasteiger partial charge in [0, 0.05) is 0 Å². The minimum Gasteiger partial charge on any atom is -0.467 e. The van der Waals surface area contributed by atoms with Crippen LogP contribution in [0.4, 0.5) is 5.69 Å². The lowest BCUT2D eigenvalue weighted by molar-refractivity contribution is 0.0602. The summed E-state index contributed by atoms with van der Waals surface area (Å²) in [7, 11) is 1.34. The van der Waals surface area contributed by atoms with Crippen molar-refractivity contribution in [2.75, 3.05) is 12.4 Å². The van der Waals surface area contributed by atoms with E-state index < -0.39 is 5.97 Å². The van der Waals surface area contributed by atoms with Crippen LogP contribution in [0.25, 0.3) is 0 Å². The number of esters is 1. The molecule has 0 saturated carbocycles. The van der Waals surface area contributed by atoms with E-state index in [1.807, 2.05) is 12.1 Å². The molecule has 20 heavy (non-hydrogen) atoms. The second kappa shape index (κ2) is 6.72. The summed E-state index contributed by atoms with van der Waals surface area (Å²) in [5.41, 5.74) is 1.02. The van der Waals surface area contributed by atoms with Crippen molar-refractivity contribution >= 4 is 29.0 Å². The molecule has 2 aromatic rings. The number of para-hydroxylation sites is 1. The number of anilines is 1. The molecule has 0 atom stereocenters. The number of carbonyl (C=O) groups excluding carboxylic acids is 1. The van der Waals surface area contributed by atoms with Crippen LogP contribution in [-0.4, -0.2) is 18.2 Å². The highest BCUT2D eigenvalue weighted by molar-refractivity contribution is 7.80. The first-order valence-electron chi connectivity index (χ1n) is 5.95. The van der Waals surface area contributed by atoms with Gasteiger partial charge in [0.1, 0.15) is 5.76 Å². The number of thiocarbonyl (C=S) groups is 1. The Morgan fingerprint density at radius 3 is 2.80 bits per heavy atom. The van der Waals surface area contributed by atoms with E-state index in [9.17, 15) is 4.79 Å². The van der Waals surface area contributed by atoms with Crippen LogP contribution in [0.1, 0.15) is 16.1 Å². The van der Waals surface area contributed by atoms with Crippen LogP contribution in [-0.2, 0) is 11.3 Å². The molecule has 5 nitrogen and oxygen atoms in total. The molecule has 0 unspecified atom stereocenters. The molecule has 0 aliphatic carbocycles. The summed E-state index contributed by atoms with van der Waals surface area (Å²) in [6.45, 7) is 0.471. The van der Waals surface area contributed by atoms with Crippen LogP contribution in [0.3, 0.4) is 0 Å². The lowest BCUT2D eigenvalue weighted by Crippen LogP contribution is -2.28. The van der Waals surface area contributed by atoms with Crippen molar-refractivity contribution in [2.45, 2.75) is 6.54 Å². The maximum absolute atomic E-state index is 11.6. The van der Waals surface area contributed by atoms with Gasteiger partial charge in [-0.1, -0.05) is 12.1 Å². The Balaban J connectivity index is 1.99. The smallest absolute Gasteiger partial charge is 0.339 e. The molecule has 0 aliphatic heterocycles. The normalized spacial score (nSPS) is 9.85. The maximum atomic E-state index is 11.6. The average molecular weight is 290 g/mol. The number of hydrogen-bond acceptors (Lipinski definition) is 4. The molecule has 104 valence electrons. The quantitative estimate of drug-likeness (QED) is 0.666. The number of hydrogen-bond donors (Lipinski definition) is 2. The second-order valence-corrected chi connectivity index (χ2v) is 4.33. The van der Waals surface area contributed by atoms with E-state index >= 15 is 0 Å². The van der Waals surface area contributed by atoms with Gasteiger partial charge in [-0.3, -0.25) is 0 Å². The highest BCUT2D eigenvalue weighted by atomic mass is 32.1. The summed E-state index contributed by atoms with van der Waals surface area (Å²) in [6.07, 6.45) is 1.60. The van der Waals surface area contributed by atoms with Gasteiger partial charge in [0.05, 0.1) is 31.2 Å². The molecule has 2 rings (SSSR count). The first-order chi connectivity index (χ1) is 9.70. The van der Waals surface area contributed by atoms with E-state index in [-0.39, 0.29) is 0 Å². The summed E-state index contributed by atoms with van der Waals surface area (Å²) in [5, 5.41) is 6.36. The fraction of sp³-hybridized carbons (Fsp3) is 0.143. The summed E-state index contributed by atoms with van der Waals surface area (Å²) in [4.78, 5) is 11.6. The first-order valence-corrected chi connectivity index (χ1v) is 6.36. The molecular weight excluding hydrogens is 276 g/mol. The van der Waals surface area contributed by atoms with Crippen molar-refractivity contribution in [1.82, 2.24) is 5.32 Å². The van der Waals surface area contributed by atoms with Crippen LogP contribution in [0.5, 0.6) is 0 Å². The number of nitrogens with one attached hydrogen (secondary N) is 2. The lowest BCUT2D eigenvalue weighted by atomic mass is 10.2. The Labute approximate surface area is 121 Å². The second-order valence-electron chi connectivity index (χ2n) is 3.92. The Morgan fingerprint density at radius 1 is 1.30 bits per heavy atom. The average Bonchev–Trinajstić information content (AvgIpc) is 2.98. The summed E-state index contributed by atoms with van der Waals surface area (Å²) in [5.74, 6) is 0.359. The molecule has 1 aromatic heterocycles. The van der Waals surface area contributed by atoms with Gasteiger partial charge in [0.2, 0.25) is 0 Å². The third-order valence-electron chi connectivity index (χ3n) is 2.58. The Kier molecular flexibility index (Phi) is 4.73. The molecule has 0 radical (unpaired) electrons. The van der Waals surface area contributed by atoms with E-state index in [4.69, 9.17) is 21.4 Å². The first kappa shape index (κ1) is 14.1. The molecule has 0 saturated heterocycles. The SMILES string of the molecule is COC(=O)c1ccccc1NC(=S)NCc1ccco1. The molecule has 0 spiro atoms. The van der Waals surface area contributed by atoms with Gasteiger partial charge in [0.15, 0.2) is 5.11 Å². The van der Waals surface area contributed by atoms with Crippen molar-refractivity contribution in [1.29, 1.82) is 0 Å². The Hall–Kier alpha value is -2.34. The minimum atomic E-state index is -0.415. The van der Waals surface area contributed by atoms with E-state index in [2.05, 4.69) is 10.6 Å². The van der Waals surface area contributed by atoms with Crippen LogP contribution >= 0.6 is 12.2 Å². The van der Waals surface area contributed by atoms with E-state index in [0.29, 0.717) is 22.9 Å². The number of rotatable bonds is 4. The molecule has 0 amide bonds. The molecule has 0 bridgehead atoms. The van der Waals surface area contributed by atoms with Gasteiger partial charge in [-0.05, 0) is 36.5 Å². The van der Waals surface area contributed by atoms with Gasteiger partial charge < -0.3 is 19.8 Å². The summed E-state index contributed by atoms with van der Waals surface area (Å²) >= 11 is 5.18. The zero-order valence-electron chi connectivity index (χ0n) is 10.9. The van der Waals surface area contributed by atoms with Crippen LogP contribution in [0.15, 0.2) is 47.1 Å². The van der Waals surface area contributed by atoms with Crippen molar-refractivity contribution < 1.29 is 13.9 Å². The molecule has 0 aliphatic rings. The summed E-state index contributed by atoms with van der Waals surface area (Å²) in [6, 6.07) is 10.6. The van der Waals surface area contributed by atoms with Gasteiger partial charge >= 0.3 is 5.97 Å². The molecule has 1 heterocycles. The predicted molar refractivity (Wildman–Crippen MR) is 79.5 cm³/mol. The molecule has 1 aromatic carbocycles. The van der Waals surface area contributed by atoms with Crippen LogP contribution in [0, 0.1) is 0 Å². The van der Waals surface area contributed by atoms with E-state index in [0.717, 1.165) is 5.76 Å². The fourth-order valence-electron chi connectivity index (χ4n) is 1.63. The Morgan fingerprint density at radius 2 is 2.10 bits per heavy atom. The summed E-state index contributed by atoms with van der Waals surface area (Å²) < 4.78 is 9.91. The molecule has 2 N–H and O–H groups in total. The largest absolute Gasteiger partial charge is 0.467 e. The van der Waals surface area contributed by atoms with Gasteiger partial charge in [-0.15, -0.1) is 0 Å². The predicted octanol–water partition coefficient (Wildman–Crippen LogP) is 2.55.